The zero-order valence-corrected chi connectivity index (χ0v) is 6.20. The molecule has 2 atom stereocenters. The van der Waals surface area contributed by atoms with Gasteiger partial charge in [-0.05, 0) is 15.9 Å². The van der Waals surface area contributed by atoms with E-state index in [1.807, 2.05) is 0 Å². The van der Waals surface area contributed by atoms with Crippen molar-refractivity contribution in [3.63, 3.8) is 0 Å². The topological polar surface area (TPSA) is 83.6 Å². The molecular formula is C3H6BrNO4. The van der Waals surface area contributed by atoms with Crippen LogP contribution in [0, 0.1) is 10.1 Å². The minimum absolute atomic E-state index is 0.895. The Morgan fingerprint density at radius 1 is 1.89 bits per heavy atom. The summed E-state index contributed by atoms with van der Waals surface area (Å²) in [6.07, 6.45) is 0. The number of nitrogens with zero attached hydrogens (tertiary/aromatic N) is 1. The summed E-state index contributed by atoms with van der Waals surface area (Å²) in [6, 6.07) is 0. The molecule has 2 N–H and O–H groups in total. The van der Waals surface area contributed by atoms with E-state index >= 15 is 0 Å². The molecule has 0 spiro atoms. The number of hydrogen-bond acceptors (Lipinski definition) is 4. The highest BCUT2D eigenvalue weighted by atomic mass is 79.9. The lowest BCUT2D eigenvalue weighted by Gasteiger charge is -2.14. The van der Waals surface area contributed by atoms with Gasteiger partial charge in [-0.1, -0.05) is 0 Å². The molecule has 0 rings (SSSR count). The van der Waals surface area contributed by atoms with Gasteiger partial charge in [-0.2, -0.15) is 0 Å². The van der Waals surface area contributed by atoms with Crippen LogP contribution in [0.5, 0.6) is 0 Å². The maximum Gasteiger partial charge on any atom is 0.355 e. The molecule has 0 aliphatic heterocycles. The SMILES string of the molecule is CC(O)(C(O)Br)[N+](=O)[O-]. The average Bonchev–Trinajstić information content (AvgIpc) is 1.65. The van der Waals surface area contributed by atoms with E-state index in [0.29, 0.717) is 0 Å². The van der Waals surface area contributed by atoms with E-state index in [1.165, 1.54) is 0 Å². The van der Waals surface area contributed by atoms with Crippen molar-refractivity contribution in [2.75, 3.05) is 0 Å². The standard InChI is InChI=1S/C3H6BrNO4/c1-3(7,2(4)6)5(8)9/h2,6-7H,1H3. The van der Waals surface area contributed by atoms with E-state index in [0.717, 1.165) is 6.92 Å². The largest absolute Gasteiger partial charge is 0.373 e. The first-order chi connectivity index (χ1) is 3.89. The van der Waals surface area contributed by atoms with Crippen LogP contribution in [0.25, 0.3) is 0 Å². The molecule has 9 heavy (non-hydrogen) atoms. The molecule has 0 aromatic heterocycles. The van der Waals surface area contributed by atoms with Gasteiger partial charge in [0.05, 0.1) is 4.92 Å². The van der Waals surface area contributed by atoms with Gasteiger partial charge in [0.2, 0.25) is 5.01 Å². The van der Waals surface area contributed by atoms with Gasteiger partial charge in [0.1, 0.15) is 0 Å². The number of nitro groups is 1. The summed E-state index contributed by atoms with van der Waals surface area (Å²) >= 11 is 2.46. The maximum atomic E-state index is 9.83. The van der Waals surface area contributed by atoms with E-state index in [9.17, 15) is 10.1 Å². The molecule has 0 radical (unpaired) electrons. The van der Waals surface area contributed by atoms with Crippen LogP contribution in [-0.2, 0) is 0 Å². The molecule has 0 aliphatic carbocycles. The van der Waals surface area contributed by atoms with Gasteiger partial charge >= 0.3 is 5.72 Å². The normalized spacial score (nSPS) is 20.4. The summed E-state index contributed by atoms with van der Waals surface area (Å²) in [5, 5.41) is 25.4. The second-order valence-corrected chi connectivity index (χ2v) is 2.55. The second kappa shape index (κ2) is 2.59. The quantitative estimate of drug-likeness (QED) is 0.277. The minimum atomic E-state index is -2.31. The molecule has 0 fully saturated rings. The lowest BCUT2D eigenvalue weighted by Crippen LogP contribution is -2.43. The summed E-state index contributed by atoms with van der Waals surface area (Å²) in [5.74, 6) is 0. The highest BCUT2D eigenvalue weighted by molar-refractivity contribution is 9.09. The van der Waals surface area contributed by atoms with Crippen molar-refractivity contribution in [3.8, 4) is 0 Å². The molecule has 0 aliphatic rings. The molecule has 0 saturated carbocycles. The van der Waals surface area contributed by atoms with E-state index in [-0.39, 0.29) is 0 Å². The number of rotatable bonds is 2. The van der Waals surface area contributed by atoms with Crippen LogP contribution >= 0.6 is 15.9 Å². The second-order valence-electron chi connectivity index (χ2n) is 1.69. The van der Waals surface area contributed by atoms with E-state index < -0.39 is 15.7 Å². The molecular weight excluding hydrogens is 194 g/mol. The summed E-state index contributed by atoms with van der Waals surface area (Å²) in [4.78, 5) is 8.85. The molecule has 6 heteroatoms. The molecule has 0 heterocycles. The third kappa shape index (κ3) is 1.88. The Morgan fingerprint density at radius 3 is 2.22 bits per heavy atom. The van der Waals surface area contributed by atoms with Gasteiger partial charge in [-0.3, -0.25) is 10.1 Å². The first-order valence-corrected chi connectivity index (χ1v) is 2.99. The number of halogens is 1. The van der Waals surface area contributed by atoms with Gasteiger partial charge in [-0.25, -0.2) is 0 Å². The Morgan fingerprint density at radius 2 is 2.22 bits per heavy atom. The molecule has 2 unspecified atom stereocenters. The molecule has 0 bridgehead atoms. The summed E-state index contributed by atoms with van der Waals surface area (Å²) in [7, 11) is 0. The Bertz CT molecular complexity index is 123. The number of aliphatic hydroxyl groups is 2. The lowest BCUT2D eigenvalue weighted by atomic mass is 10.3. The summed E-state index contributed by atoms with van der Waals surface area (Å²) in [6.45, 7) is 0.895. The van der Waals surface area contributed by atoms with E-state index in [1.54, 1.807) is 0 Å². The van der Waals surface area contributed by atoms with Crippen LogP contribution in [0.15, 0.2) is 0 Å². The van der Waals surface area contributed by atoms with Crippen molar-refractivity contribution < 1.29 is 15.1 Å². The molecule has 0 aromatic rings. The highest BCUT2D eigenvalue weighted by Gasteiger charge is 2.41. The predicted molar refractivity (Wildman–Crippen MR) is 32.6 cm³/mol. The lowest BCUT2D eigenvalue weighted by molar-refractivity contribution is -0.625. The Labute approximate surface area is 59.6 Å². The van der Waals surface area contributed by atoms with Crippen LogP contribution in [0.4, 0.5) is 0 Å². The molecule has 54 valence electrons. The fourth-order valence-corrected chi connectivity index (χ4v) is 0.254. The summed E-state index contributed by atoms with van der Waals surface area (Å²) < 4.78 is 0. The van der Waals surface area contributed by atoms with E-state index in [4.69, 9.17) is 10.2 Å². The first-order valence-electron chi connectivity index (χ1n) is 2.08. The van der Waals surface area contributed by atoms with Crippen molar-refractivity contribution in [1.82, 2.24) is 0 Å². The Kier molecular flexibility index (Phi) is 2.53. The van der Waals surface area contributed by atoms with Gasteiger partial charge in [0.25, 0.3) is 0 Å². The summed E-state index contributed by atoms with van der Waals surface area (Å²) in [5.41, 5.74) is -2.31. The Hall–Kier alpha value is -0.200. The molecule has 5 nitrogen and oxygen atoms in total. The Balaban J connectivity index is 4.19. The third-order valence-corrected chi connectivity index (χ3v) is 1.69. The number of alkyl halides is 1. The minimum Gasteiger partial charge on any atom is -0.373 e. The maximum absolute atomic E-state index is 9.83. The monoisotopic (exact) mass is 199 g/mol. The van der Waals surface area contributed by atoms with Gasteiger partial charge in [-0.15, -0.1) is 0 Å². The van der Waals surface area contributed by atoms with Gasteiger partial charge in [0, 0.05) is 6.92 Å². The molecule has 0 aromatic carbocycles. The van der Waals surface area contributed by atoms with Crippen molar-refractivity contribution in [1.29, 1.82) is 0 Å². The van der Waals surface area contributed by atoms with Crippen molar-refractivity contribution in [3.05, 3.63) is 10.1 Å². The van der Waals surface area contributed by atoms with Gasteiger partial charge in [0.15, 0.2) is 0 Å². The number of hydrogen-bond donors (Lipinski definition) is 2. The van der Waals surface area contributed by atoms with Crippen LogP contribution < -0.4 is 0 Å². The van der Waals surface area contributed by atoms with Crippen LogP contribution in [-0.4, -0.2) is 25.9 Å². The molecule has 0 amide bonds. The number of aliphatic hydroxyl groups excluding tert-OH is 1. The third-order valence-electron chi connectivity index (χ3n) is 0.821. The van der Waals surface area contributed by atoms with Crippen LogP contribution in [0.1, 0.15) is 6.92 Å². The predicted octanol–water partition coefficient (Wildman–Crippen LogP) is -0.315. The highest BCUT2D eigenvalue weighted by Crippen LogP contribution is 2.14. The fourth-order valence-electron chi connectivity index (χ4n) is 0.0870. The van der Waals surface area contributed by atoms with Crippen LogP contribution in [0.3, 0.4) is 0 Å². The van der Waals surface area contributed by atoms with Crippen molar-refractivity contribution >= 4 is 15.9 Å². The van der Waals surface area contributed by atoms with Gasteiger partial charge < -0.3 is 10.2 Å². The smallest absolute Gasteiger partial charge is 0.355 e. The molecule has 0 saturated heterocycles. The van der Waals surface area contributed by atoms with Crippen LogP contribution in [0.2, 0.25) is 0 Å². The fraction of sp³-hybridized carbons (Fsp3) is 1.00. The average molecular weight is 200 g/mol. The zero-order chi connectivity index (χ0) is 7.65. The zero-order valence-electron chi connectivity index (χ0n) is 4.61. The van der Waals surface area contributed by atoms with Crippen molar-refractivity contribution in [2.45, 2.75) is 17.7 Å². The first kappa shape index (κ1) is 8.80. The van der Waals surface area contributed by atoms with E-state index in [2.05, 4.69) is 15.9 Å². The van der Waals surface area contributed by atoms with Crippen molar-refractivity contribution in [2.24, 2.45) is 0 Å².